The van der Waals surface area contributed by atoms with E-state index in [4.69, 9.17) is 0 Å². The Hall–Kier alpha value is -5.66. The monoisotopic (exact) mass is 671 g/mol. The predicted octanol–water partition coefficient (Wildman–Crippen LogP) is 13.5. The number of anilines is 3. The Morgan fingerprint density at radius 3 is 1.46 bits per heavy atom. The second-order valence-electron chi connectivity index (χ2n) is 15.9. The summed E-state index contributed by atoms with van der Waals surface area (Å²) in [6.07, 6.45) is 2.33. The lowest BCUT2D eigenvalue weighted by molar-refractivity contribution is 0.333. The summed E-state index contributed by atoms with van der Waals surface area (Å²) in [5.74, 6) is 0. The summed E-state index contributed by atoms with van der Waals surface area (Å²) in [6.45, 7) is 9.77. The maximum absolute atomic E-state index is 2.55. The van der Waals surface area contributed by atoms with Crippen LogP contribution in [-0.2, 0) is 16.2 Å². The van der Waals surface area contributed by atoms with Crippen molar-refractivity contribution in [3.63, 3.8) is 0 Å². The van der Waals surface area contributed by atoms with Crippen molar-refractivity contribution < 1.29 is 0 Å². The van der Waals surface area contributed by atoms with Crippen LogP contribution >= 0.6 is 0 Å². The third kappa shape index (κ3) is 4.90. The summed E-state index contributed by atoms with van der Waals surface area (Å²) in [5.41, 5.74) is 16.4. The molecule has 1 heteroatoms. The minimum atomic E-state index is -0.502. The standard InChI is InChI=1S/C51H45N/c1-49(2)32-33-50(3,4)48-41(29-19-31-45(48)49)43-34-42-40-28-17-18-30-44(40)51(36-20-9-5-10-21-36,37-22-11-6-12-23-37)46(42)35-47(43)52(38-24-13-7-14-25-38)39-26-15-8-16-27-39/h5-31,34-35H,32-33H2,1-4H3. The highest BCUT2D eigenvalue weighted by atomic mass is 15.1. The number of rotatable bonds is 6. The van der Waals surface area contributed by atoms with Crippen molar-refractivity contribution in [2.24, 2.45) is 0 Å². The topological polar surface area (TPSA) is 3.24 Å². The number of nitrogens with zero attached hydrogens (tertiary/aromatic N) is 1. The van der Waals surface area contributed by atoms with E-state index in [1.54, 1.807) is 0 Å². The molecule has 0 N–H and O–H groups in total. The molecule has 1 nitrogen and oxygen atoms in total. The molecule has 52 heavy (non-hydrogen) atoms. The Balaban J connectivity index is 1.46. The first-order valence-corrected chi connectivity index (χ1v) is 18.7. The van der Waals surface area contributed by atoms with Crippen molar-refractivity contribution in [2.75, 3.05) is 4.90 Å². The molecule has 0 bridgehead atoms. The molecular formula is C51H45N. The zero-order valence-corrected chi connectivity index (χ0v) is 30.6. The van der Waals surface area contributed by atoms with E-state index in [9.17, 15) is 0 Å². The molecular weight excluding hydrogens is 627 g/mol. The molecule has 0 spiro atoms. The van der Waals surface area contributed by atoms with Gasteiger partial charge in [0, 0.05) is 16.9 Å². The van der Waals surface area contributed by atoms with E-state index in [0.29, 0.717) is 0 Å². The van der Waals surface area contributed by atoms with Gasteiger partial charge in [0.15, 0.2) is 0 Å². The van der Waals surface area contributed by atoms with Crippen molar-refractivity contribution in [3.8, 4) is 22.3 Å². The zero-order chi connectivity index (χ0) is 35.5. The van der Waals surface area contributed by atoms with Gasteiger partial charge < -0.3 is 4.90 Å². The van der Waals surface area contributed by atoms with Crippen molar-refractivity contribution in [1.82, 2.24) is 0 Å². The van der Waals surface area contributed by atoms with E-state index in [0.717, 1.165) is 17.8 Å². The number of benzene rings is 7. The van der Waals surface area contributed by atoms with Crippen LogP contribution < -0.4 is 4.90 Å². The Kier molecular flexibility index (Phi) is 7.59. The van der Waals surface area contributed by atoms with Crippen LogP contribution in [0.2, 0.25) is 0 Å². The predicted molar refractivity (Wildman–Crippen MR) is 219 cm³/mol. The second-order valence-corrected chi connectivity index (χ2v) is 15.9. The minimum absolute atomic E-state index is 0.0256. The van der Waals surface area contributed by atoms with Crippen LogP contribution in [0.5, 0.6) is 0 Å². The fourth-order valence-electron chi connectivity index (χ4n) is 9.41. The highest BCUT2D eigenvalue weighted by Gasteiger charge is 2.47. The summed E-state index contributed by atoms with van der Waals surface area (Å²) in [4.78, 5) is 2.49. The van der Waals surface area contributed by atoms with Gasteiger partial charge in [0.25, 0.3) is 0 Å². The van der Waals surface area contributed by atoms with Crippen LogP contribution in [0.3, 0.4) is 0 Å². The van der Waals surface area contributed by atoms with Gasteiger partial charge in [-0.25, -0.2) is 0 Å². The molecule has 0 amide bonds. The van der Waals surface area contributed by atoms with E-state index in [1.807, 2.05) is 0 Å². The number of hydrogen-bond donors (Lipinski definition) is 0. The Bertz CT molecular complexity index is 2310. The molecule has 0 unspecified atom stereocenters. The van der Waals surface area contributed by atoms with E-state index in [2.05, 4.69) is 209 Å². The second kappa shape index (κ2) is 12.2. The molecule has 2 aliphatic rings. The Morgan fingerprint density at radius 1 is 0.385 bits per heavy atom. The van der Waals surface area contributed by atoms with E-state index < -0.39 is 5.41 Å². The minimum Gasteiger partial charge on any atom is -0.310 e. The molecule has 0 heterocycles. The summed E-state index contributed by atoms with van der Waals surface area (Å²) < 4.78 is 0. The van der Waals surface area contributed by atoms with Crippen molar-refractivity contribution >= 4 is 17.1 Å². The number of hydrogen-bond acceptors (Lipinski definition) is 1. The van der Waals surface area contributed by atoms with Gasteiger partial charge in [-0.1, -0.05) is 167 Å². The van der Waals surface area contributed by atoms with Gasteiger partial charge in [-0.2, -0.15) is 0 Å². The summed E-state index contributed by atoms with van der Waals surface area (Å²) in [7, 11) is 0. The molecule has 0 aliphatic heterocycles. The number of fused-ring (bicyclic) bond motifs is 4. The van der Waals surface area contributed by atoms with Crippen molar-refractivity contribution in [3.05, 3.63) is 209 Å². The molecule has 0 radical (unpaired) electrons. The van der Waals surface area contributed by atoms with Crippen molar-refractivity contribution in [1.29, 1.82) is 0 Å². The van der Waals surface area contributed by atoms with Gasteiger partial charge in [0.2, 0.25) is 0 Å². The third-order valence-corrected chi connectivity index (χ3v) is 12.0. The molecule has 0 atom stereocenters. The van der Waals surface area contributed by atoms with Crippen LogP contribution in [0, 0.1) is 0 Å². The van der Waals surface area contributed by atoms with Crippen molar-refractivity contribution in [2.45, 2.75) is 56.8 Å². The molecule has 7 aromatic carbocycles. The van der Waals surface area contributed by atoms with Crippen LogP contribution in [-0.4, -0.2) is 0 Å². The molecule has 0 saturated carbocycles. The van der Waals surface area contributed by atoms with Crippen LogP contribution in [0.4, 0.5) is 17.1 Å². The first-order chi connectivity index (χ1) is 25.3. The van der Waals surface area contributed by atoms with Gasteiger partial charge in [0.1, 0.15) is 0 Å². The van der Waals surface area contributed by atoms with Crippen LogP contribution in [0.25, 0.3) is 22.3 Å². The fourth-order valence-corrected chi connectivity index (χ4v) is 9.41. The molecule has 7 aromatic rings. The van der Waals surface area contributed by atoms with Gasteiger partial charge in [-0.05, 0) is 110 Å². The smallest absolute Gasteiger partial charge is 0.0714 e. The SMILES string of the molecule is CC1(C)CCC(C)(C)c2c(-c3cc4c(cc3N(c3ccccc3)c3ccccc3)C(c3ccccc3)(c3ccccc3)c3ccccc3-4)cccc21. The van der Waals surface area contributed by atoms with E-state index in [-0.39, 0.29) is 10.8 Å². The van der Waals surface area contributed by atoms with E-state index in [1.165, 1.54) is 67.7 Å². The fraction of sp³-hybridized carbons (Fsp3) is 0.176. The summed E-state index contributed by atoms with van der Waals surface area (Å²) >= 11 is 0. The Labute approximate surface area is 309 Å². The maximum Gasteiger partial charge on any atom is 0.0714 e. The molecule has 9 rings (SSSR count). The summed E-state index contributed by atoms with van der Waals surface area (Å²) in [6, 6.07) is 65.4. The maximum atomic E-state index is 2.55. The average Bonchev–Trinajstić information content (AvgIpc) is 3.48. The average molecular weight is 672 g/mol. The molecule has 0 fully saturated rings. The molecule has 0 saturated heterocycles. The molecule has 0 aromatic heterocycles. The lowest BCUT2D eigenvalue weighted by Gasteiger charge is -2.43. The van der Waals surface area contributed by atoms with Gasteiger partial charge in [-0.15, -0.1) is 0 Å². The zero-order valence-electron chi connectivity index (χ0n) is 30.6. The largest absolute Gasteiger partial charge is 0.310 e. The third-order valence-electron chi connectivity index (χ3n) is 12.0. The quantitative estimate of drug-likeness (QED) is 0.170. The first-order valence-electron chi connectivity index (χ1n) is 18.7. The van der Waals surface area contributed by atoms with Gasteiger partial charge in [0.05, 0.1) is 11.1 Å². The van der Waals surface area contributed by atoms with Gasteiger partial charge >= 0.3 is 0 Å². The lowest BCUT2D eigenvalue weighted by atomic mass is 9.61. The van der Waals surface area contributed by atoms with Crippen LogP contribution in [0.1, 0.15) is 73.9 Å². The Morgan fingerprint density at radius 2 is 0.865 bits per heavy atom. The number of para-hydroxylation sites is 2. The molecule has 254 valence electrons. The van der Waals surface area contributed by atoms with Gasteiger partial charge in [-0.3, -0.25) is 0 Å². The normalized spacial score (nSPS) is 16.0. The van der Waals surface area contributed by atoms with E-state index >= 15 is 0 Å². The summed E-state index contributed by atoms with van der Waals surface area (Å²) in [5, 5.41) is 0. The molecule has 2 aliphatic carbocycles. The lowest BCUT2D eigenvalue weighted by Crippen LogP contribution is -2.34. The first kappa shape index (κ1) is 32.3. The highest BCUT2D eigenvalue weighted by molar-refractivity contribution is 5.97. The highest BCUT2D eigenvalue weighted by Crippen LogP contribution is 2.60. The van der Waals surface area contributed by atoms with Crippen LogP contribution in [0.15, 0.2) is 176 Å².